The predicted octanol–water partition coefficient (Wildman–Crippen LogP) is 2.56. The summed E-state index contributed by atoms with van der Waals surface area (Å²) in [5.74, 6) is -0.105. The van der Waals surface area contributed by atoms with E-state index in [4.69, 9.17) is 4.84 Å². The maximum Gasteiger partial charge on any atom is 0.260 e. The molecule has 4 rings (SSSR count). The van der Waals surface area contributed by atoms with Gasteiger partial charge in [-0.05, 0) is 24.0 Å². The number of fused-ring (bicyclic) bond motifs is 3. The lowest BCUT2D eigenvalue weighted by Gasteiger charge is -2.31. The number of likely N-dealkylation sites (tertiary alicyclic amines) is 1. The molecule has 2 amide bonds. The number of carbonyl (C=O) groups is 2. The predicted molar refractivity (Wildman–Crippen MR) is 107 cm³/mol. The fraction of sp³-hybridized carbons (Fsp3) is 0.318. The van der Waals surface area contributed by atoms with Gasteiger partial charge in [-0.3, -0.25) is 9.59 Å². The maximum absolute atomic E-state index is 12.2. The summed E-state index contributed by atoms with van der Waals surface area (Å²) in [5, 5.41) is 7.25. The van der Waals surface area contributed by atoms with Gasteiger partial charge in [0.15, 0.2) is 6.61 Å². The summed E-state index contributed by atoms with van der Waals surface area (Å²) in [6.45, 7) is 2.81. The molecule has 28 heavy (non-hydrogen) atoms. The number of nitrogens with zero attached hydrogens (tertiary/aromatic N) is 2. The first kappa shape index (κ1) is 18.2. The monoisotopic (exact) mass is 377 g/mol. The molecule has 1 aliphatic carbocycles. The highest BCUT2D eigenvalue weighted by molar-refractivity contribution is 6.24. The first-order valence-electron chi connectivity index (χ1n) is 9.57. The van der Waals surface area contributed by atoms with Gasteiger partial charge < -0.3 is 15.1 Å². The molecule has 0 bridgehead atoms. The van der Waals surface area contributed by atoms with Crippen molar-refractivity contribution < 1.29 is 14.4 Å². The molecule has 1 aliphatic heterocycles. The minimum absolute atomic E-state index is 0.0762. The third-order valence-corrected chi connectivity index (χ3v) is 5.31. The average molecular weight is 377 g/mol. The van der Waals surface area contributed by atoms with E-state index in [0.29, 0.717) is 13.1 Å². The highest BCUT2D eigenvalue weighted by atomic mass is 16.6. The number of nitrogens with one attached hydrogen (secondary N) is 1. The van der Waals surface area contributed by atoms with E-state index in [1.165, 1.54) is 0 Å². The van der Waals surface area contributed by atoms with Crippen molar-refractivity contribution in [2.75, 3.05) is 19.7 Å². The summed E-state index contributed by atoms with van der Waals surface area (Å²) in [6, 6.07) is 16.2. The number of rotatable bonds is 4. The molecule has 1 fully saturated rings. The Kier molecular flexibility index (Phi) is 5.10. The summed E-state index contributed by atoms with van der Waals surface area (Å²) in [7, 11) is 0. The molecule has 6 heteroatoms. The Hall–Kier alpha value is -3.15. The molecular weight excluding hydrogens is 354 g/mol. The van der Waals surface area contributed by atoms with Crippen LogP contribution in [-0.2, 0) is 14.4 Å². The van der Waals surface area contributed by atoms with Crippen LogP contribution in [0.2, 0.25) is 0 Å². The molecule has 0 aromatic heterocycles. The van der Waals surface area contributed by atoms with E-state index in [-0.39, 0.29) is 24.5 Å². The van der Waals surface area contributed by atoms with Gasteiger partial charge in [-0.25, -0.2) is 0 Å². The van der Waals surface area contributed by atoms with Gasteiger partial charge in [-0.1, -0.05) is 53.7 Å². The van der Waals surface area contributed by atoms with Gasteiger partial charge in [0.1, 0.15) is 5.71 Å². The standard InChI is InChI=1S/C22H23N3O3/c1-15(26)25-12-10-16(11-13-25)23-21(27)14-28-24-22-19-8-4-2-6-17(19)18-7-3-5-9-20(18)22/h2-9,16H,10-14H2,1H3,(H,23,27). The van der Waals surface area contributed by atoms with E-state index in [1.807, 2.05) is 36.4 Å². The number of hydrogen-bond acceptors (Lipinski definition) is 4. The smallest absolute Gasteiger partial charge is 0.260 e. The zero-order chi connectivity index (χ0) is 19.5. The van der Waals surface area contributed by atoms with Crippen LogP contribution >= 0.6 is 0 Å². The van der Waals surface area contributed by atoms with Crippen molar-refractivity contribution in [3.8, 4) is 11.1 Å². The van der Waals surface area contributed by atoms with Crippen LogP contribution in [0.25, 0.3) is 11.1 Å². The van der Waals surface area contributed by atoms with E-state index in [1.54, 1.807) is 11.8 Å². The van der Waals surface area contributed by atoms with E-state index < -0.39 is 0 Å². The van der Waals surface area contributed by atoms with Gasteiger partial charge in [0.25, 0.3) is 5.91 Å². The fourth-order valence-corrected chi connectivity index (χ4v) is 3.86. The minimum Gasteiger partial charge on any atom is -0.385 e. The maximum atomic E-state index is 12.2. The molecule has 144 valence electrons. The SMILES string of the molecule is CC(=O)N1CCC(NC(=O)CON=C2c3ccccc3-c3ccccc32)CC1. The molecular formula is C22H23N3O3. The Bertz CT molecular complexity index is 883. The number of oxime groups is 1. The van der Waals surface area contributed by atoms with Gasteiger partial charge in [0, 0.05) is 37.2 Å². The molecule has 2 aromatic carbocycles. The van der Waals surface area contributed by atoms with Crippen molar-refractivity contribution in [1.82, 2.24) is 10.2 Å². The average Bonchev–Trinajstić information content (AvgIpc) is 3.03. The topological polar surface area (TPSA) is 71.0 Å². The lowest BCUT2D eigenvalue weighted by molar-refractivity contribution is -0.130. The van der Waals surface area contributed by atoms with Crippen molar-refractivity contribution >= 4 is 17.5 Å². The zero-order valence-corrected chi connectivity index (χ0v) is 15.9. The molecule has 2 aliphatic rings. The molecule has 1 heterocycles. The Morgan fingerprint density at radius 3 is 2.07 bits per heavy atom. The third kappa shape index (κ3) is 3.63. The molecule has 0 unspecified atom stereocenters. The zero-order valence-electron chi connectivity index (χ0n) is 15.9. The summed E-state index contributed by atoms with van der Waals surface area (Å²) in [6.07, 6.45) is 1.53. The van der Waals surface area contributed by atoms with Gasteiger partial charge in [0.2, 0.25) is 5.91 Å². The van der Waals surface area contributed by atoms with Crippen LogP contribution in [0.4, 0.5) is 0 Å². The molecule has 1 N–H and O–H groups in total. The second-order valence-corrected chi connectivity index (χ2v) is 7.15. The molecule has 1 saturated heterocycles. The summed E-state index contributed by atoms with van der Waals surface area (Å²) in [4.78, 5) is 30.8. The van der Waals surface area contributed by atoms with Crippen LogP contribution in [0.1, 0.15) is 30.9 Å². The lowest BCUT2D eigenvalue weighted by Crippen LogP contribution is -2.46. The first-order valence-corrected chi connectivity index (χ1v) is 9.57. The second-order valence-electron chi connectivity index (χ2n) is 7.15. The van der Waals surface area contributed by atoms with Crippen LogP contribution in [0.15, 0.2) is 53.7 Å². The van der Waals surface area contributed by atoms with E-state index >= 15 is 0 Å². The molecule has 6 nitrogen and oxygen atoms in total. The van der Waals surface area contributed by atoms with Crippen LogP contribution in [0, 0.1) is 0 Å². The molecule has 0 spiro atoms. The third-order valence-electron chi connectivity index (χ3n) is 5.31. The Balaban J connectivity index is 1.36. The lowest BCUT2D eigenvalue weighted by atomic mass is 10.1. The highest BCUT2D eigenvalue weighted by Gasteiger charge is 2.25. The van der Waals surface area contributed by atoms with Crippen LogP contribution in [0.3, 0.4) is 0 Å². The van der Waals surface area contributed by atoms with Crippen molar-refractivity contribution in [1.29, 1.82) is 0 Å². The number of carbonyl (C=O) groups excluding carboxylic acids is 2. The van der Waals surface area contributed by atoms with Gasteiger partial charge in [-0.15, -0.1) is 0 Å². The first-order chi connectivity index (χ1) is 13.6. The van der Waals surface area contributed by atoms with Crippen molar-refractivity contribution in [3.63, 3.8) is 0 Å². The quantitative estimate of drug-likeness (QED) is 0.711. The number of hydrogen-bond donors (Lipinski definition) is 1. The molecule has 0 saturated carbocycles. The molecule has 2 aromatic rings. The Morgan fingerprint density at radius 2 is 1.54 bits per heavy atom. The second kappa shape index (κ2) is 7.84. The largest absolute Gasteiger partial charge is 0.385 e. The van der Waals surface area contributed by atoms with Gasteiger partial charge in [0.05, 0.1) is 0 Å². The summed E-state index contributed by atoms with van der Waals surface area (Å²) < 4.78 is 0. The number of piperidine rings is 1. The van der Waals surface area contributed by atoms with Gasteiger partial charge in [-0.2, -0.15) is 0 Å². The van der Waals surface area contributed by atoms with Crippen molar-refractivity contribution in [2.24, 2.45) is 5.16 Å². The minimum atomic E-state index is -0.190. The van der Waals surface area contributed by atoms with Gasteiger partial charge >= 0.3 is 0 Å². The normalized spacial score (nSPS) is 15.6. The fourth-order valence-electron chi connectivity index (χ4n) is 3.86. The summed E-state index contributed by atoms with van der Waals surface area (Å²) in [5.41, 5.74) is 5.04. The highest BCUT2D eigenvalue weighted by Crippen LogP contribution is 2.36. The van der Waals surface area contributed by atoms with E-state index in [2.05, 4.69) is 22.6 Å². The van der Waals surface area contributed by atoms with Crippen LogP contribution in [-0.4, -0.2) is 48.2 Å². The molecule has 0 radical (unpaired) electrons. The van der Waals surface area contributed by atoms with Crippen LogP contribution < -0.4 is 5.32 Å². The number of amides is 2. The van der Waals surface area contributed by atoms with Crippen molar-refractivity contribution in [3.05, 3.63) is 59.7 Å². The van der Waals surface area contributed by atoms with E-state index in [9.17, 15) is 9.59 Å². The Labute approximate surface area is 164 Å². The number of benzene rings is 2. The summed E-state index contributed by atoms with van der Waals surface area (Å²) >= 11 is 0. The van der Waals surface area contributed by atoms with E-state index in [0.717, 1.165) is 40.8 Å². The van der Waals surface area contributed by atoms with Crippen LogP contribution in [0.5, 0.6) is 0 Å². The Morgan fingerprint density at radius 1 is 1.00 bits per heavy atom. The van der Waals surface area contributed by atoms with Crippen molar-refractivity contribution in [2.45, 2.75) is 25.8 Å². The molecule has 0 atom stereocenters.